The minimum atomic E-state index is -1.01. The van der Waals surface area contributed by atoms with Crippen molar-refractivity contribution in [2.45, 2.75) is 38.7 Å². The van der Waals surface area contributed by atoms with Gasteiger partial charge in [0.05, 0.1) is 13.2 Å². The lowest BCUT2D eigenvalue weighted by Gasteiger charge is -2.42. The summed E-state index contributed by atoms with van der Waals surface area (Å²) < 4.78 is 5.10. The SMILES string of the molecule is CCC1(CNC(=O)N2CCOC(C(=O)O)C2)CCC1. The normalized spacial score (nSPS) is 25.5. The van der Waals surface area contributed by atoms with E-state index in [4.69, 9.17) is 9.84 Å². The smallest absolute Gasteiger partial charge is 0.334 e. The lowest BCUT2D eigenvalue weighted by Crippen LogP contribution is -2.53. The maximum Gasteiger partial charge on any atom is 0.334 e. The summed E-state index contributed by atoms with van der Waals surface area (Å²) in [5.41, 5.74) is 0.272. The van der Waals surface area contributed by atoms with E-state index in [9.17, 15) is 9.59 Å². The zero-order chi connectivity index (χ0) is 13.9. The Labute approximate surface area is 113 Å². The third-order valence-corrected chi connectivity index (χ3v) is 4.41. The van der Waals surface area contributed by atoms with Crippen LogP contribution in [-0.4, -0.2) is 54.4 Å². The Balaban J connectivity index is 1.81. The number of carbonyl (C=O) groups excluding carboxylic acids is 1. The minimum absolute atomic E-state index is 0.125. The van der Waals surface area contributed by atoms with Gasteiger partial charge < -0.3 is 20.1 Å². The van der Waals surface area contributed by atoms with Crippen LogP contribution in [0.15, 0.2) is 0 Å². The Morgan fingerprint density at radius 1 is 1.47 bits per heavy atom. The molecule has 2 fully saturated rings. The van der Waals surface area contributed by atoms with Gasteiger partial charge in [0.25, 0.3) is 0 Å². The highest BCUT2D eigenvalue weighted by Crippen LogP contribution is 2.43. The third-order valence-electron chi connectivity index (χ3n) is 4.41. The number of morpholine rings is 1. The number of aliphatic carboxylic acids is 1. The first-order valence-electron chi connectivity index (χ1n) is 6.93. The lowest BCUT2D eigenvalue weighted by molar-refractivity contribution is -0.154. The summed E-state index contributed by atoms with van der Waals surface area (Å²) >= 11 is 0. The summed E-state index contributed by atoms with van der Waals surface area (Å²) in [4.78, 5) is 24.4. The highest BCUT2D eigenvalue weighted by atomic mass is 16.5. The van der Waals surface area contributed by atoms with Gasteiger partial charge in [-0.1, -0.05) is 13.3 Å². The Hall–Kier alpha value is -1.30. The van der Waals surface area contributed by atoms with Crippen molar-refractivity contribution in [3.8, 4) is 0 Å². The predicted molar refractivity (Wildman–Crippen MR) is 68.9 cm³/mol. The van der Waals surface area contributed by atoms with E-state index < -0.39 is 12.1 Å². The van der Waals surface area contributed by atoms with Crippen molar-refractivity contribution < 1.29 is 19.4 Å². The number of urea groups is 1. The number of amides is 2. The highest BCUT2D eigenvalue weighted by molar-refractivity contribution is 5.77. The fourth-order valence-electron chi connectivity index (χ4n) is 2.69. The average molecular weight is 270 g/mol. The zero-order valence-corrected chi connectivity index (χ0v) is 11.4. The molecule has 0 spiro atoms. The molecular weight excluding hydrogens is 248 g/mol. The second-order valence-electron chi connectivity index (χ2n) is 5.51. The Bertz CT molecular complexity index is 349. The molecule has 1 atom stereocenters. The van der Waals surface area contributed by atoms with Gasteiger partial charge in [0, 0.05) is 13.1 Å². The molecule has 0 bridgehead atoms. The zero-order valence-electron chi connectivity index (χ0n) is 11.4. The molecule has 0 radical (unpaired) electrons. The van der Waals surface area contributed by atoms with Gasteiger partial charge in [-0.3, -0.25) is 0 Å². The first-order valence-corrected chi connectivity index (χ1v) is 6.93. The van der Waals surface area contributed by atoms with Crippen LogP contribution in [0, 0.1) is 5.41 Å². The van der Waals surface area contributed by atoms with Crippen molar-refractivity contribution in [3.63, 3.8) is 0 Å². The number of rotatable bonds is 4. The monoisotopic (exact) mass is 270 g/mol. The number of nitrogens with zero attached hydrogens (tertiary/aromatic N) is 1. The van der Waals surface area contributed by atoms with Gasteiger partial charge in [0.2, 0.25) is 0 Å². The average Bonchev–Trinajstić information content (AvgIpc) is 2.38. The Morgan fingerprint density at radius 3 is 2.74 bits per heavy atom. The molecule has 1 aliphatic heterocycles. The molecular formula is C13H22N2O4. The van der Waals surface area contributed by atoms with Gasteiger partial charge in [-0.25, -0.2) is 9.59 Å². The van der Waals surface area contributed by atoms with Crippen molar-refractivity contribution >= 4 is 12.0 Å². The van der Waals surface area contributed by atoms with Crippen molar-refractivity contribution in [1.82, 2.24) is 10.2 Å². The maximum absolute atomic E-state index is 12.0. The Morgan fingerprint density at radius 2 is 2.21 bits per heavy atom. The van der Waals surface area contributed by atoms with Crippen molar-refractivity contribution in [3.05, 3.63) is 0 Å². The van der Waals surface area contributed by atoms with E-state index in [-0.39, 0.29) is 24.6 Å². The van der Waals surface area contributed by atoms with Gasteiger partial charge in [-0.15, -0.1) is 0 Å². The lowest BCUT2D eigenvalue weighted by atomic mass is 9.67. The van der Waals surface area contributed by atoms with Gasteiger partial charge in [-0.2, -0.15) is 0 Å². The molecule has 0 aromatic heterocycles. The minimum Gasteiger partial charge on any atom is -0.479 e. The fourth-order valence-corrected chi connectivity index (χ4v) is 2.69. The number of hydrogen-bond donors (Lipinski definition) is 2. The molecule has 1 unspecified atom stereocenters. The van der Waals surface area contributed by atoms with E-state index in [1.54, 1.807) is 0 Å². The van der Waals surface area contributed by atoms with Crippen molar-refractivity contribution in [2.75, 3.05) is 26.2 Å². The molecule has 2 aliphatic rings. The van der Waals surface area contributed by atoms with E-state index in [1.165, 1.54) is 24.2 Å². The summed E-state index contributed by atoms with van der Waals surface area (Å²) in [5.74, 6) is -1.01. The second kappa shape index (κ2) is 5.77. The molecule has 6 nitrogen and oxygen atoms in total. The molecule has 2 rings (SSSR count). The number of carboxylic acid groups (broad SMARTS) is 1. The van der Waals surface area contributed by atoms with Crippen LogP contribution in [0.1, 0.15) is 32.6 Å². The van der Waals surface area contributed by atoms with E-state index in [0.29, 0.717) is 13.1 Å². The predicted octanol–water partition coefficient (Wildman–Crippen LogP) is 1.06. The molecule has 1 aliphatic carbocycles. The summed E-state index contributed by atoms with van der Waals surface area (Å²) in [6.45, 7) is 3.70. The number of hydrogen-bond acceptors (Lipinski definition) is 3. The van der Waals surface area contributed by atoms with Gasteiger partial charge in [-0.05, 0) is 24.7 Å². The maximum atomic E-state index is 12.0. The van der Waals surface area contributed by atoms with E-state index >= 15 is 0 Å². The first-order chi connectivity index (χ1) is 9.06. The second-order valence-corrected chi connectivity index (χ2v) is 5.51. The molecule has 1 heterocycles. The van der Waals surface area contributed by atoms with E-state index in [0.717, 1.165) is 6.42 Å². The molecule has 2 amide bonds. The summed E-state index contributed by atoms with van der Waals surface area (Å²) in [6.07, 6.45) is 3.76. The molecule has 6 heteroatoms. The summed E-state index contributed by atoms with van der Waals surface area (Å²) in [7, 11) is 0. The number of carboxylic acids is 1. The van der Waals surface area contributed by atoms with Crippen LogP contribution >= 0.6 is 0 Å². The van der Waals surface area contributed by atoms with Crippen molar-refractivity contribution in [1.29, 1.82) is 0 Å². The number of ether oxygens (including phenoxy) is 1. The van der Waals surface area contributed by atoms with Crippen LogP contribution in [-0.2, 0) is 9.53 Å². The molecule has 0 aromatic rings. The summed E-state index contributed by atoms with van der Waals surface area (Å²) in [5, 5.41) is 11.8. The highest BCUT2D eigenvalue weighted by Gasteiger charge is 2.36. The third kappa shape index (κ3) is 3.18. The molecule has 2 N–H and O–H groups in total. The van der Waals surface area contributed by atoms with Crippen LogP contribution < -0.4 is 5.32 Å². The van der Waals surface area contributed by atoms with E-state index in [1.807, 2.05) is 0 Å². The van der Waals surface area contributed by atoms with Crippen molar-refractivity contribution in [2.24, 2.45) is 5.41 Å². The molecule has 19 heavy (non-hydrogen) atoms. The standard InChI is InChI=1S/C13H22N2O4/c1-2-13(4-3-5-13)9-14-12(18)15-6-7-19-10(8-15)11(16)17/h10H,2-9H2,1H3,(H,14,18)(H,16,17). The van der Waals surface area contributed by atoms with Crippen LogP contribution in [0.3, 0.4) is 0 Å². The van der Waals surface area contributed by atoms with E-state index in [2.05, 4.69) is 12.2 Å². The summed E-state index contributed by atoms with van der Waals surface area (Å²) in [6, 6.07) is -0.172. The molecule has 1 saturated carbocycles. The topological polar surface area (TPSA) is 78.9 Å². The largest absolute Gasteiger partial charge is 0.479 e. The van der Waals surface area contributed by atoms with Crippen LogP contribution in [0.25, 0.3) is 0 Å². The number of carbonyl (C=O) groups is 2. The molecule has 0 aromatic carbocycles. The van der Waals surface area contributed by atoms with Crippen LogP contribution in [0.5, 0.6) is 0 Å². The molecule has 108 valence electrons. The van der Waals surface area contributed by atoms with Gasteiger partial charge in [0.1, 0.15) is 0 Å². The first kappa shape index (κ1) is 14.1. The van der Waals surface area contributed by atoms with Crippen LogP contribution in [0.2, 0.25) is 0 Å². The fraction of sp³-hybridized carbons (Fsp3) is 0.846. The molecule has 1 saturated heterocycles. The van der Waals surface area contributed by atoms with Gasteiger partial charge in [0.15, 0.2) is 6.10 Å². The Kier molecular flexibility index (Phi) is 4.29. The number of nitrogens with one attached hydrogen (secondary N) is 1. The van der Waals surface area contributed by atoms with Gasteiger partial charge >= 0.3 is 12.0 Å². The van der Waals surface area contributed by atoms with Crippen LogP contribution in [0.4, 0.5) is 4.79 Å². The quantitative estimate of drug-likeness (QED) is 0.800.